The predicted molar refractivity (Wildman–Crippen MR) is 74.8 cm³/mol. The highest BCUT2D eigenvalue weighted by atomic mass is 79.9. The monoisotopic (exact) mass is 326 g/mol. The smallest absolute Gasteiger partial charge is 0.175 e. The minimum atomic E-state index is -3.15. The second-order valence-electron chi connectivity index (χ2n) is 3.78. The maximum absolute atomic E-state index is 11.3. The van der Waals surface area contributed by atoms with Gasteiger partial charge in [0.25, 0.3) is 0 Å². The molecule has 0 aliphatic carbocycles. The Hall–Kier alpha value is -1.40. The van der Waals surface area contributed by atoms with E-state index in [2.05, 4.69) is 26.2 Å². The molecule has 2 rings (SSSR count). The van der Waals surface area contributed by atoms with Gasteiger partial charge in [-0.25, -0.2) is 13.4 Å². The van der Waals surface area contributed by atoms with Gasteiger partial charge in [0.05, 0.1) is 4.90 Å². The van der Waals surface area contributed by atoms with Crippen molar-refractivity contribution in [3.05, 3.63) is 47.1 Å². The summed E-state index contributed by atoms with van der Waals surface area (Å²) in [5.41, 5.74) is 0.789. The van der Waals surface area contributed by atoms with Crippen molar-refractivity contribution in [2.75, 3.05) is 11.6 Å². The predicted octanol–water partition coefficient (Wildman–Crippen LogP) is 2.99. The molecule has 0 saturated heterocycles. The van der Waals surface area contributed by atoms with Crippen LogP contribution in [0.15, 0.2) is 52.0 Å². The van der Waals surface area contributed by atoms with Crippen LogP contribution in [0.2, 0.25) is 0 Å². The van der Waals surface area contributed by atoms with Gasteiger partial charge in [0.15, 0.2) is 9.84 Å². The number of benzene rings is 1. The molecule has 0 amide bonds. The number of anilines is 2. The number of nitrogens with one attached hydrogen (secondary N) is 1. The molecule has 0 unspecified atom stereocenters. The summed E-state index contributed by atoms with van der Waals surface area (Å²) in [5, 5.41) is 3.08. The SMILES string of the molecule is CS(=O)(=O)c1ccc(Nc2ccc(Br)cn2)cc1. The van der Waals surface area contributed by atoms with Gasteiger partial charge in [-0.05, 0) is 52.3 Å². The number of nitrogens with zero attached hydrogens (tertiary/aromatic N) is 1. The van der Waals surface area contributed by atoms with E-state index in [9.17, 15) is 8.42 Å². The standard InChI is InChI=1S/C12H11BrN2O2S/c1-18(16,17)11-5-3-10(4-6-11)15-12-7-2-9(13)8-14-12/h2-8H,1H3,(H,14,15). The zero-order chi connectivity index (χ0) is 13.2. The van der Waals surface area contributed by atoms with Gasteiger partial charge < -0.3 is 5.32 Å². The van der Waals surface area contributed by atoms with E-state index >= 15 is 0 Å². The third-order valence-electron chi connectivity index (χ3n) is 2.28. The van der Waals surface area contributed by atoms with Crippen LogP contribution in [0.5, 0.6) is 0 Å². The lowest BCUT2D eigenvalue weighted by Gasteiger charge is -2.06. The maximum Gasteiger partial charge on any atom is 0.175 e. The molecule has 0 aliphatic heterocycles. The average molecular weight is 327 g/mol. The molecule has 0 spiro atoms. The van der Waals surface area contributed by atoms with Crippen LogP contribution < -0.4 is 5.32 Å². The van der Waals surface area contributed by atoms with E-state index in [1.807, 2.05) is 12.1 Å². The van der Waals surface area contributed by atoms with E-state index in [1.165, 1.54) is 6.26 Å². The summed E-state index contributed by atoms with van der Waals surface area (Å²) in [5.74, 6) is 0.699. The van der Waals surface area contributed by atoms with Crippen molar-refractivity contribution >= 4 is 37.3 Å². The maximum atomic E-state index is 11.3. The second kappa shape index (κ2) is 5.07. The van der Waals surface area contributed by atoms with Crippen molar-refractivity contribution in [1.29, 1.82) is 0 Å². The molecule has 1 aromatic heterocycles. The number of pyridine rings is 1. The zero-order valence-electron chi connectivity index (χ0n) is 9.59. The van der Waals surface area contributed by atoms with E-state index in [0.29, 0.717) is 10.7 Å². The summed E-state index contributed by atoms with van der Waals surface area (Å²) < 4.78 is 23.5. The minimum Gasteiger partial charge on any atom is -0.340 e. The Labute approximate surface area is 114 Å². The zero-order valence-corrected chi connectivity index (χ0v) is 12.0. The number of aromatic nitrogens is 1. The molecule has 6 heteroatoms. The van der Waals surface area contributed by atoms with Crippen molar-refractivity contribution in [3.63, 3.8) is 0 Å². The number of rotatable bonds is 3. The molecule has 0 atom stereocenters. The van der Waals surface area contributed by atoms with E-state index in [-0.39, 0.29) is 0 Å². The van der Waals surface area contributed by atoms with E-state index in [4.69, 9.17) is 0 Å². The van der Waals surface area contributed by atoms with Crippen LogP contribution in [0.25, 0.3) is 0 Å². The molecule has 0 radical (unpaired) electrons. The molecule has 2 aromatic rings. The molecular formula is C12H11BrN2O2S. The Kier molecular flexibility index (Phi) is 3.68. The summed E-state index contributed by atoms with van der Waals surface area (Å²) >= 11 is 3.31. The van der Waals surface area contributed by atoms with Gasteiger partial charge in [-0.1, -0.05) is 0 Å². The summed E-state index contributed by atoms with van der Waals surface area (Å²) in [4.78, 5) is 4.47. The fourth-order valence-electron chi connectivity index (χ4n) is 1.38. The van der Waals surface area contributed by atoms with Crippen LogP contribution in [0.1, 0.15) is 0 Å². The summed E-state index contributed by atoms with van der Waals surface area (Å²) in [6, 6.07) is 10.3. The van der Waals surface area contributed by atoms with Crippen molar-refractivity contribution in [1.82, 2.24) is 4.98 Å². The Morgan fingerprint density at radius 2 is 1.78 bits per heavy atom. The molecule has 18 heavy (non-hydrogen) atoms. The van der Waals surface area contributed by atoms with Crippen LogP contribution in [0.3, 0.4) is 0 Å². The Morgan fingerprint density at radius 3 is 2.28 bits per heavy atom. The molecule has 1 aromatic carbocycles. The third-order valence-corrected chi connectivity index (χ3v) is 3.88. The lowest BCUT2D eigenvalue weighted by molar-refractivity contribution is 0.602. The highest BCUT2D eigenvalue weighted by Gasteiger charge is 2.06. The van der Waals surface area contributed by atoms with Crippen LogP contribution in [-0.4, -0.2) is 19.7 Å². The largest absolute Gasteiger partial charge is 0.340 e. The molecule has 0 saturated carbocycles. The first-order valence-electron chi connectivity index (χ1n) is 5.14. The third kappa shape index (κ3) is 3.30. The Morgan fingerprint density at radius 1 is 1.11 bits per heavy atom. The highest BCUT2D eigenvalue weighted by molar-refractivity contribution is 9.10. The van der Waals surface area contributed by atoms with Crippen molar-refractivity contribution in [2.24, 2.45) is 0 Å². The van der Waals surface area contributed by atoms with Gasteiger partial charge in [0.2, 0.25) is 0 Å². The van der Waals surface area contributed by atoms with E-state index < -0.39 is 9.84 Å². The number of hydrogen-bond acceptors (Lipinski definition) is 4. The number of halogens is 1. The molecule has 1 N–H and O–H groups in total. The van der Waals surface area contributed by atoms with Crippen molar-refractivity contribution < 1.29 is 8.42 Å². The topological polar surface area (TPSA) is 59.1 Å². The highest BCUT2D eigenvalue weighted by Crippen LogP contribution is 2.18. The summed E-state index contributed by atoms with van der Waals surface area (Å²) in [7, 11) is -3.15. The van der Waals surface area contributed by atoms with Gasteiger partial charge in [0.1, 0.15) is 5.82 Å². The Bertz CT molecular complexity index is 637. The van der Waals surface area contributed by atoms with Crippen LogP contribution >= 0.6 is 15.9 Å². The molecule has 0 fully saturated rings. The van der Waals surface area contributed by atoms with E-state index in [1.54, 1.807) is 30.5 Å². The number of hydrogen-bond donors (Lipinski definition) is 1. The first-order valence-corrected chi connectivity index (χ1v) is 7.82. The van der Waals surface area contributed by atoms with Crippen molar-refractivity contribution in [3.8, 4) is 0 Å². The fraction of sp³-hybridized carbons (Fsp3) is 0.0833. The fourth-order valence-corrected chi connectivity index (χ4v) is 2.25. The summed E-state index contributed by atoms with van der Waals surface area (Å²) in [6.45, 7) is 0. The average Bonchev–Trinajstić information content (AvgIpc) is 2.32. The van der Waals surface area contributed by atoms with E-state index in [0.717, 1.165) is 10.2 Å². The molecule has 94 valence electrons. The summed E-state index contributed by atoms with van der Waals surface area (Å²) in [6.07, 6.45) is 2.87. The normalized spacial score (nSPS) is 11.2. The molecule has 1 heterocycles. The number of sulfone groups is 1. The first-order chi connectivity index (χ1) is 8.45. The molecular weight excluding hydrogens is 316 g/mol. The van der Waals surface area contributed by atoms with Crippen LogP contribution in [-0.2, 0) is 9.84 Å². The van der Waals surface area contributed by atoms with Crippen LogP contribution in [0.4, 0.5) is 11.5 Å². The van der Waals surface area contributed by atoms with Gasteiger partial charge in [-0.2, -0.15) is 0 Å². The lowest BCUT2D eigenvalue weighted by Crippen LogP contribution is -1.97. The van der Waals surface area contributed by atoms with Crippen molar-refractivity contribution in [2.45, 2.75) is 4.90 Å². The molecule has 4 nitrogen and oxygen atoms in total. The van der Waals surface area contributed by atoms with Gasteiger partial charge >= 0.3 is 0 Å². The van der Waals surface area contributed by atoms with Crippen LogP contribution in [0, 0.1) is 0 Å². The quantitative estimate of drug-likeness (QED) is 0.941. The first kappa shape index (κ1) is 13.0. The Balaban J connectivity index is 2.18. The lowest BCUT2D eigenvalue weighted by atomic mass is 10.3. The van der Waals surface area contributed by atoms with Gasteiger partial charge in [0, 0.05) is 22.6 Å². The van der Waals surface area contributed by atoms with Gasteiger partial charge in [-0.3, -0.25) is 0 Å². The van der Waals surface area contributed by atoms with Gasteiger partial charge in [-0.15, -0.1) is 0 Å². The minimum absolute atomic E-state index is 0.303. The molecule has 0 aliphatic rings. The molecule has 0 bridgehead atoms. The second-order valence-corrected chi connectivity index (χ2v) is 6.71.